The molecule has 0 aliphatic carbocycles. The molecule has 2 rings (SSSR count). The highest BCUT2D eigenvalue weighted by atomic mass is 16.2. The van der Waals surface area contributed by atoms with Crippen molar-refractivity contribution in [2.45, 2.75) is 13.0 Å². The number of aromatic nitrogens is 3. The van der Waals surface area contributed by atoms with Gasteiger partial charge in [-0.15, -0.1) is 5.10 Å². The SMILES string of the molecule is NNC(=O)c1cn(CCN2CCCNCC2)nn1. The van der Waals surface area contributed by atoms with Crippen LogP contribution in [0.5, 0.6) is 0 Å². The molecule has 0 saturated carbocycles. The largest absolute Gasteiger partial charge is 0.315 e. The van der Waals surface area contributed by atoms with Crippen LogP contribution in [0.4, 0.5) is 0 Å². The maximum atomic E-state index is 11.2. The van der Waals surface area contributed by atoms with Gasteiger partial charge in [0, 0.05) is 19.6 Å². The summed E-state index contributed by atoms with van der Waals surface area (Å²) in [5.41, 5.74) is 2.28. The van der Waals surface area contributed by atoms with E-state index < -0.39 is 5.91 Å². The lowest BCUT2D eigenvalue weighted by Gasteiger charge is -2.18. The van der Waals surface area contributed by atoms with Crippen LogP contribution in [-0.2, 0) is 6.54 Å². The van der Waals surface area contributed by atoms with Crippen LogP contribution in [0.15, 0.2) is 6.20 Å². The number of nitrogens with two attached hydrogens (primary N) is 1. The number of hydrazine groups is 1. The number of carbonyl (C=O) groups is 1. The molecule has 18 heavy (non-hydrogen) atoms. The van der Waals surface area contributed by atoms with Crippen molar-refractivity contribution in [2.24, 2.45) is 5.84 Å². The van der Waals surface area contributed by atoms with Crippen molar-refractivity contribution in [2.75, 3.05) is 32.7 Å². The normalized spacial score (nSPS) is 17.4. The summed E-state index contributed by atoms with van der Waals surface area (Å²) in [5, 5.41) is 11.0. The van der Waals surface area contributed by atoms with E-state index in [1.54, 1.807) is 10.9 Å². The Labute approximate surface area is 105 Å². The van der Waals surface area contributed by atoms with Gasteiger partial charge in [-0.05, 0) is 19.5 Å². The van der Waals surface area contributed by atoms with Crippen molar-refractivity contribution in [1.82, 2.24) is 30.6 Å². The summed E-state index contributed by atoms with van der Waals surface area (Å²) < 4.78 is 1.67. The van der Waals surface area contributed by atoms with E-state index in [1.165, 1.54) is 0 Å². The van der Waals surface area contributed by atoms with Gasteiger partial charge in [0.05, 0.1) is 12.7 Å². The van der Waals surface area contributed by atoms with Crippen LogP contribution < -0.4 is 16.6 Å². The quantitative estimate of drug-likeness (QED) is 0.332. The van der Waals surface area contributed by atoms with E-state index in [0.29, 0.717) is 0 Å². The molecule has 0 bridgehead atoms. The highest BCUT2D eigenvalue weighted by Gasteiger charge is 2.11. The molecule has 1 saturated heterocycles. The Kier molecular flexibility index (Phi) is 4.62. The number of nitrogens with one attached hydrogen (secondary N) is 2. The third-order valence-corrected chi connectivity index (χ3v) is 2.98. The van der Waals surface area contributed by atoms with E-state index in [0.717, 1.165) is 45.7 Å². The van der Waals surface area contributed by atoms with Crippen molar-refractivity contribution in [3.05, 3.63) is 11.9 Å². The van der Waals surface area contributed by atoms with Crippen LogP contribution in [0.1, 0.15) is 16.9 Å². The van der Waals surface area contributed by atoms with Gasteiger partial charge >= 0.3 is 0 Å². The van der Waals surface area contributed by atoms with E-state index >= 15 is 0 Å². The predicted molar refractivity (Wildman–Crippen MR) is 65.6 cm³/mol. The summed E-state index contributed by atoms with van der Waals surface area (Å²) in [6.07, 6.45) is 2.77. The van der Waals surface area contributed by atoms with Gasteiger partial charge in [-0.25, -0.2) is 5.84 Å². The first kappa shape index (κ1) is 12.9. The zero-order chi connectivity index (χ0) is 12.8. The molecule has 1 fully saturated rings. The van der Waals surface area contributed by atoms with Crippen LogP contribution >= 0.6 is 0 Å². The molecule has 4 N–H and O–H groups in total. The molecular formula is C10H19N7O. The number of nitrogen functional groups attached to an aromatic ring is 1. The first-order valence-electron chi connectivity index (χ1n) is 6.14. The summed E-state index contributed by atoms with van der Waals surface area (Å²) in [6, 6.07) is 0. The molecule has 8 heteroatoms. The zero-order valence-corrected chi connectivity index (χ0v) is 10.3. The summed E-state index contributed by atoms with van der Waals surface area (Å²) in [6.45, 7) is 5.89. The minimum Gasteiger partial charge on any atom is -0.315 e. The van der Waals surface area contributed by atoms with Crippen molar-refractivity contribution in [3.8, 4) is 0 Å². The fraction of sp³-hybridized carbons (Fsp3) is 0.700. The monoisotopic (exact) mass is 253 g/mol. The molecule has 2 heterocycles. The van der Waals surface area contributed by atoms with Gasteiger partial charge in [0.2, 0.25) is 0 Å². The van der Waals surface area contributed by atoms with E-state index in [-0.39, 0.29) is 5.69 Å². The van der Waals surface area contributed by atoms with E-state index in [2.05, 4.69) is 20.5 Å². The molecule has 1 aromatic heterocycles. The smallest absolute Gasteiger partial charge is 0.287 e. The van der Waals surface area contributed by atoms with Crippen LogP contribution in [0.25, 0.3) is 0 Å². The van der Waals surface area contributed by atoms with Crippen LogP contribution in [-0.4, -0.2) is 58.5 Å². The fourth-order valence-electron chi connectivity index (χ4n) is 1.95. The third-order valence-electron chi connectivity index (χ3n) is 2.98. The highest BCUT2D eigenvalue weighted by Crippen LogP contribution is 1.97. The molecule has 0 atom stereocenters. The molecule has 1 aromatic rings. The molecule has 0 unspecified atom stereocenters. The van der Waals surface area contributed by atoms with Gasteiger partial charge < -0.3 is 10.2 Å². The molecule has 0 radical (unpaired) electrons. The summed E-state index contributed by atoms with van der Waals surface area (Å²) in [4.78, 5) is 13.6. The molecule has 1 aliphatic rings. The van der Waals surface area contributed by atoms with Crippen molar-refractivity contribution in [1.29, 1.82) is 0 Å². The van der Waals surface area contributed by atoms with Gasteiger partial charge in [0.25, 0.3) is 5.91 Å². The first-order chi connectivity index (χ1) is 8.79. The Balaban J connectivity index is 1.82. The van der Waals surface area contributed by atoms with Crippen LogP contribution in [0.3, 0.4) is 0 Å². The lowest BCUT2D eigenvalue weighted by atomic mass is 10.4. The lowest BCUT2D eigenvalue weighted by Crippen LogP contribution is -2.31. The van der Waals surface area contributed by atoms with Crippen molar-refractivity contribution in [3.63, 3.8) is 0 Å². The number of rotatable bonds is 4. The maximum Gasteiger partial charge on any atom is 0.287 e. The number of hydrogen-bond acceptors (Lipinski definition) is 6. The van der Waals surface area contributed by atoms with E-state index in [9.17, 15) is 4.79 Å². The summed E-state index contributed by atoms with van der Waals surface area (Å²) in [5.74, 6) is 4.61. The first-order valence-corrected chi connectivity index (χ1v) is 6.14. The predicted octanol–water partition coefficient (Wildman–Crippen LogP) is -1.82. The number of carbonyl (C=O) groups excluding carboxylic acids is 1. The molecule has 100 valence electrons. The molecule has 8 nitrogen and oxygen atoms in total. The molecule has 1 amide bonds. The minimum atomic E-state index is -0.416. The van der Waals surface area contributed by atoms with Gasteiger partial charge in [-0.2, -0.15) is 0 Å². The average molecular weight is 253 g/mol. The number of nitrogens with zero attached hydrogens (tertiary/aromatic N) is 4. The second-order valence-electron chi connectivity index (χ2n) is 4.29. The van der Waals surface area contributed by atoms with Gasteiger partial charge in [0.1, 0.15) is 0 Å². The van der Waals surface area contributed by atoms with Gasteiger partial charge in [-0.1, -0.05) is 5.21 Å². The van der Waals surface area contributed by atoms with Gasteiger partial charge in [-0.3, -0.25) is 14.9 Å². The van der Waals surface area contributed by atoms with Crippen LogP contribution in [0, 0.1) is 0 Å². The topological polar surface area (TPSA) is 101 Å². The minimum absolute atomic E-state index is 0.245. The Morgan fingerprint density at radius 3 is 3.17 bits per heavy atom. The van der Waals surface area contributed by atoms with Crippen LogP contribution in [0.2, 0.25) is 0 Å². The second kappa shape index (κ2) is 6.43. The maximum absolute atomic E-state index is 11.2. The third kappa shape index (κ3) is 3.49. The second-order valence-corrected chi connectivity index (χ2v) is 4.29. The zero-order valence-electron chi connectivity index (χ0n) is 10.3. The average Bonchev–Trinajstić information content (AvgIpc) is 2.71. The van der Waals surface area contributed by atoms with Crippen molar-refractivity contribution < 1.29 is 4.79 Å². The van der Waals surface area contributed by atoms with E-state index in [4.69, 9.17) is 5.84 Å². The number of amides is 1. The Bertz CT molecular complexity index is 383. The Morgan fingerprint density at radius 1 is 1.44 bits per heavy atom. The summed E-state index contributed by atoms with van der Waals surface area (Å²) >= 11 is 0. The molecule has 1 aliphatic heterocycles. The standard InChI is InChI=1S/C10H19N7O/c11-13-10(18)9-8-17(15-14-9)7-6-16-4-1-2-12-3-5-16/h8,12H,1-7,11H2,(H,13,18). The summed E-state index contributed by atoms with van der Waals surface area (Å²) in [7, 11) is 0. The Morgan fingerprint density at radius 2 is 2.33 bits per heavy atom. The molecule has 0 spiro atoms. The van der Waals surface area contributed by atoms with Crippen molar-refractivity contribution >= 4 is 5.91 Å². The highest BCUT2D eigenvalue weighted by molar-refractivity contribution is 5.91. The Hall–Kier alpha value is -1.51. The van der Waals surface area contributed by atoms with Gasteiger partial charge in [0.15, 0.2) is 5.69 Å². The molecule has 0 aromatic carbocycles. The molecular weight excluding hydrogens is 234 g/mol. The lowest BCUT2D eigenvalue weighted by molar-refractivity contribution is 0.0948. The van der Waals surface area contributed by atoms with E-state index in [1.807, 2.05) is 5.43 Å². The fourth-order valence-corrected chi connectivity index (χ4v) is 1.95. The number of hydrogen-bond donors (Lipinski definition) is 3.